The zero-order valence-electron chi connectivity index (χ0n) is 17.5. The van der Waals surface area contributed by atoms with Crippen LogP contribution in [0.1, 0.15) is 34.7 Å². The summed E-state index contributed by atoms with van der Waals surface area (Å²) < 4.78 is 10.6. The molecule has 2 aromatic rings. The van der Waals surface area contributed by atoms with E-state index in [4.69, 9.17) is 9.47 Å². The van der Waals surface area contributed by atoms with Gasteiger partial charge in [-0.1, -0.05) is 18.2 Å². The van der Waals surface area contributed by atoms with Crippen LogP contribution in [0.2, 0.25) is 0 Å². The number of hydrogen-bond acceptors (Lipinski definition) is 4. The Kier molecular flexibility index (Phi) is 5.93. The summed E-state index contributed by atoms with van der Waals surface area (Å²) in [4.78, 5) is 28.0. The number of likely N-dealkylation sites (tertiary alicyclic amines) is 1. The van der Waals surface area contributed by atoms with Crippen molar-refractivity contribution in [3.8, 4) is 11.5 Å². The van der Waals surface area contributed by atoms with Crippen molar-refractivity contribution in [1.29, 1.82) is 0 Å². The number of hydrogen-bond donors (Lipinski definition) is 1. The molecule has 1 saturated heterocycles. The molecular weight excluding hydrogens is 380 g/mol. The summed E-state index contributed by atoms with van der Waals surface area (Å²) in [7, 11) is 3.21. The lowest BCUT2D eigenvalue weighted by atomic mass is 9.88. The Balaban J connectivity index is 1.57. The summed E-state index contributed by atoms with van der Waals surface area (Å²) in [6.07, 6.45) is 2.37. The molecule has 0 radical (unpaired) electrons. The Morgan fingerprint density at radius 2 is 1.70 bits per heavy atom. The summed E-state index contributed by atoms with van der Waals surface area (Å²) in [5.41, 5.74) is 1.58. The van der Waals surface area contributed by atoms with Gasteiger partial charge in [-0.25, -0.2) is 0 Å². The van der Waals surface area contributed by atoms with Gasteiger partial charge in [-0.2, -0.15) is 0 Å². The van der Waals surface area contributed by atoms with E-state index in [9.17, 15) is 9.59 Å². The van der Waals surface area contributed by atoms with E-state index in [1.807, 2.05) is 36.4 Å². The first-order chi connectivity index (χ1) is 14.6. The third-order valence-electron chi connectivity index (χ3n) is 6.04. The summed E-state index contributed by atoms with van der Waals surface area (Å²) in [5.74, 6) is 1.58. The maximum atomic E-state index is 13.2. The normalized spacial score (nSPS) is 20.7. The van der Waals surface area contributed by atoms with Gasteiger partial charge in [0.1, 0.15) is 11.5 Å². The van der Waals surface area contributed by atoms with Gasteiger partial charge in [0.05, 0.1) is 20.1 Å². The van der Waals surface area contributed by atoms with E-state index in [2.05, 4.69) is 5.32 Å². The van der Waals surface area contributed by atoms with Crippen LogP contribution in [0.3, 0.4) is 0 Å². The molecule has 0 bridgehead atoms. The summed E-state index contributed by atoms with van der Waals surface area (Å²) in [6, 6.07) is 14.9. The van der Waals surface area contributed by atoms with Crippen LogP contribution in [0, 0.1) is 11.8 Å². The van der Waals surface area contributed by atoms with E-state index in [0.717, 1.165) is 17.9 Å². The second-order valence-electron chi connectivity index (χ2n) is 8.12. The molecule has 0 unspecified atom stereocenters. The van der Waals surface area contributed by atoms with E-state index < -0.39 is 0 Å². The molecule has 158 valence electrons. The van der Waals surface area contributed by atoms with Crippen LogP contribution in [0.5, 0.6) is 11.5 Å². The van der Waals surface area contributed by atoms with E-state index in [1.54, 1.807) is 31.3 Å². The largest absolute Gasteiger partial charge is 0.497 e. The highest BCUT2D eigenvalue weighted by molar-refractivity contribution is 5.95. The number of methoxy groups -OCH3 is 2. The lowest BCUT2D eigenvalue weighted by molar-refractivity contribution is -0.125. The molecule has 1 heterocycles. The Morgan fingerprint density at radius 1 is 1.00 bits per heavy atom. The van der Waals surface area contributed by atoms with Crippen LogP contribution in [-0.2, 0) is 4.79 Å². The molecule has 1 saturated carbocycles. The number of carbonyl (C=O) groups is 2. The van der Waals surface area contributed by atoms with E-state index in [-0.39, 0.29) is 23.7 Å². The Labute approximate surface area is 177 Å². The first kappa shape index (κ1) is 20.3. The molecule has 2 fully saturated rings. The average molecular weight is 408 g/mol. The van der Waals surface area contributed by atoms with Crippen LogP contribution in [-0.4, -0.2) is 50.6 Å². The molecule has 2 aromatic carbocycles. The van der Waals surface area contributed by atoms with Gasteiger partial charge >= 0.3 is 0 Å². The molecule has 1 aliphatic heterocycles. The van der Waals surface area contributed by atoms with Crippen LogP contribution >= 0.6 is 0 Å². The van der Waals surface area contributed by atoms with Gasteiger partial charge in [0.25, 0.3) is 5.91 Å². The first-order valence-corrected chi connectivity index (χ1v) is 10.4. The Hall–Kier alpha value is -3.02. The van der Waals surface area contributed by atoms with Crippen molar-refractivity contribution in [3.63, 3.8) is 0 Å². The molecule has 30 heavy (non-hydrogen) atoms. The molecule has 1 N–H and O–H groups in total. The molecule has 2 aliphatic rings. The molecule has 6 nitrogen and oxygen atoms in total. The fourth-order valence-electron chi connectivity index (χ4n) is 4.08. The fraction of sp³-hybridized carbons (Fsp3) is 0.417. The summed E-state index contributed by atoms with van der Waals surface area (Å²) in [6.45, 7) is 1.61. The van der Waals surface area contributed by atoms with Gasteiger partial charge in [-0.05, 0) is 54.7 Å². The number of rotatable bonds is 7. The maximum absolute atomic E-state index is 13.2. The predicted octanol–water partition coefficient (Wildman–Crippen LogP) is 3.09. The summed E-state index contributed by atoms with van der Waals surface area (Å²) >= 11 is 0. The van der Waals surface area contributed by atoms with Crippen molar-refractivity contribution in [2.45, 2.75) is 18.8 Å². The van der Waals surface area contributed by atoms with Gasteiger partial charge in [-0.3, -0.25) is 9.59 Å². The van der Waals surface area contributed by atoms with Crippen LogP contribution in [0.4, 0.5) is 0 Å². The SMILES string of the molecule is COc1cccc(C(=O)N2C[C@H](c3cccc(OC)c3)[C@H](C(=O)NCC3CC3)C2)c1. The van der Waals surface area contributed by atoms with Crippen molar-refractivity contribution in [2.24, 2.45) is 11.8 Å². The average Bonchev–Trinajstić information content (AvgIpc) is 3.52. The van der Waals surface area contributed by atoms with Gasteiger partial charge in [0.2, 0.25) is 5.91 Å². The van der Waals surface area contributed by atoms with Gasteiger partial charge in [-0.15, -0.1) is 0 Å². The van der Waals surface area contributed by atoms with Crippen molar-refractivity contribution in [1.82, 2.24) is 10.2 Å². The van der Waals surface area contributed by atoms with E-state index in [1.165, 1.54) is 12.8 Å². The van der Waals surface area contributed by atoms with Crippen LogP contribution in [0.15, 0.2) is 48.5 Å². The summed E-state index contributed by atoms with van der Waals surface area (Å²) in [5, 5.41) is 3.10. The zero-order chi connectivity index (χ0) is 21.1. The fourth-order valence-corrected chi connectivity index (χ4v) is 4.08. The Bertz CT molecular complexity index is 925. The molecule has 6 heteroatoms. The van der Waals surface area contributed by atoms with Gasteiger partial charge in [0.15, 0.2) is 0 Å². The van der Waals surface area contributed by atoms with Crippen molar-refractivity contribution in [2.75, 3.05) is 33.9 Å². The van der Waals surface area contributed by atoms with Crippen LogP contribution in [0.25, 0.3) is 0 Å². The number of nitrogens with one attached hydrogen (secondary N) is 1. The minimum absolute atomic E-state index is 0.0238. The smallest absolute Gasteiger partial charge is 0.254 e. The highest BCUT2D eigenvalue weighted by Gasteiger charge is 2.41. The number of nitrogens with zero attached hydrogens (tertiary/aromatic N) is 1. The topological polar surface area (TPSA) is 67.9 Å². The van der Waals surface area contributed by atoms with Gasteiger partial charge in [0, 0.05) is 31.1 Å². The monoisotopic (exact) mass is 408 g/mol. The van der Waals surface area contributed by atoms with Gasteiger partial charge < -0.3 is 19.7 Å². The molecule has 2 atom stereocenters. The lowest BCUT2D eigenvalue weighted by Crippen LogP contribution is -2.36. The maximum Gasteiger partial charge on any atom is 0.254 e. The van der Waals surface area contributed by atoms with Crippen molar-refractivity contribution >= 4 is 11.8 Å². The first-order valence-electron chi connectivity index (χ1n) is 10.4. The number of ether oxygens (including phenoxy) is 2. The highest BCUT2D eigenvalue weighted by Crippen LogP contribution is 2.36. The molecular formula is C24H28N2O4. The molecule has 1 aliphatic carbocycles. The third kappa shape index (κ3) is 4.42. The second-order valence-corrected chi connectivity index (χ2v) is 8.12. The molecule has 2 amide bonds. The second kappa shape index (κ2) is 8.78. The van der Waals surface area contributed by atoms with E-state index >= 15 is 0 Å². The zero-order valence-corrected chi connectivity index (χ0v) is 17.5. The van der Waals surface area contributed by atoms with E-state index in [0.29, 0.717) is 30.3 Å². The third-order valence-corrected chi connectivity index (χ3v) is 6.04. The Morgan fingerprint density at radius 3 is 2.40 bits per heavy atom. The standard InChI is InChI=1S/C24H28N2O4/c1-29-19-7-3-5-17(11-19)21-14-26(15-22(21)23(27)25-13-16-9-10-16)24(28)18-6-4-8-20(12-18)30-2/h3-8,11-12,16,21-22H,9-10,13-15H2,1-2H3,(H,25,27)/t21-,22-/m1/s1. The molecule has 4 rings (SSSR count). The molecule has 0 aromatic heterocycles. The number of benzene rings is 2. The van der Waals surface area contributed by atoms with Crippen molar-refractivity contribution < 1.29 is 19.1 Å². The lowest BCUT2D eigenvalue weighted by Gasteiger charge is -2.18. The molecule has 0 spiro atoms. The highest BCUT2D eigenvalue weighted by atomic mass is 16.5. The van der Waals surface area contributed by atoms with Crippen molar-refractivity contribution in [3.05, 3.63) is 59.7 Å². The minimum Gasteiger partial charge on any atom is -0.497 e. The predicted molar refractivity (Wildman–Crippen MR) is 114 cm³/mol. The number of carbonyl (C=O) groups excluding carboxylic acids is 2. The van der Waals surface area contributed by atoms with Crippen LogP contribution < -0.4 is 14.8 Å². The quantitative estimate of drug-likeness (QED) is 0.765. The number of amides is 2. The minimum atomic E-state index is -0.287.